The summed E-state index contributed by atoms with van der Waals surface area (Å²) >= 11 is 0. The van der Waals surface area contributed by atoms with Gasteiger partial charge in [-0.2, -0.15) is 0 Å². The molecule has 0 aromatic heterocycles. The summed E-state index contributed by atoms with van der Waals surface area (Å²) in [4.78, 5) is 9.99. The molecule has 0 aromatic rings. The minimum atomic E-state index is -0.883. The molecule has 0 fully saturated rings. The minimum absolute atomic E-state index is 0. The summed E-state index contributed by atoms with van der Waals surface area (Å²) in [6.45, 7) is 5.27. The van der Waals surface area contributed by atoms with E-state index >= 15 is 0 Å². The maximum atomic E-state index is 9.99. The van der Waals surface area contributed by atoms with Gasteiger partial charge in [-0.15, -0.1) is 0 Å². The van der Waals surface area contributed by atoms with Gasteiger partial charge in [-0.1, -0.05) is 19.9 Å². The van der Waals surface area contributed by atoms with Crippen LogP contribution in [-0.4, -0.2) is 11.1 Å². The molecule has 0 saturated carbocycles. The van der Waals surface area contributed by atoms with Crippen LogP contribution >= 0.6 is 0 Å². The van der Waals surface area contributed by atoms with Gasteiger partial charge in [0.15, 0.2) is 0 Å². The average molecular weight is 122 g/mol. The Kier molecular flexibility index (Phi) is 7.64. The normalized spacial score (nSPS) is 7.67. The smallest absolute Gasteiger partial charge is 1.00 e. The standard InChI is InChI=1S/C6H10O2.Li.H/c1-3-4-5(2)6(7)8;;/h2-4H2,1H3,(H,7,8);;/q;+1;-1. The van der Waals surface area contributed by atoms with E-state index in [2.05, 4.69) is 6.58 Å². The van der Waals surface area contributed by atoms with Crippen molar-refractivity contribution in [3.63, 3.8) is 0 Å². The first-order valence-electron chi connectivity index (χ1n) is 2.59. The van der Waals surface area contributed by atoms with Gasteiger partial charge in [-0.3, -0.25) is 0 Å². The molecule has 0 aliphatic carbocycles. The van der Waals surface area contributed by atoms with Gasteiger partial charge in [0.2, 0.25) is 0 Å². The number of aliphatic carboxylic acids is 1. The quantitative estimate of drug-likeness (QED) is 0.367. The van der Waals surface area contributed by atoms with Crippen molar-refractivity contribution in [1.29, 1.82) is 0 Å². The van der Waals surface area contributed by atoms with E-state index in [1.807, 2.05) is 6.92 Å². The fraction of sp³-hybridized carbons (Fsp3) is 0.500. The molecule has 0 rings (SSSR count). The van der Waals surface area contributed by atoms with Crippen LogP contribution in [0.4, 0.5) is 0 Å². The van der Waals surface area contributed by atoms with Crippen molar-refractivity contribution in [2.45, 2.75) is 19.8 Å². The van der Waals surface area contributed by atoms with Crippen molar-refractivity contribution in [2.24, 2.45) is 0 Å². The number of hydrogen-bond acceptors (Lipinski definition) is 1. The van der Waals surface area contributed by atoms with E-state index in [0.717, 1.165) is 6.42 Å². The minimum Gasteiger partial charge on any atom is -1.00 e. The Labute approximate surface area is 68.6 Å². The van der Waals surface area contributed by atoms with Crippen molar-refractivity contribution in [1.82, 2.24) is 0 Å². The third kappa shape index (κ3) is 5.68. The van der Waals surface area contributed by atoms with Crippen LogP contribution in [0, 0.1) is 0 Å². The van der Waals surface area contributed by atoms with Gasteiger partial charge < -0.3 is 6.53 Å². The van der Waals surface area contributed by atoms with E-state index in [0.29, 0.717) is 12.0 Å². The molecule has 48 valence electrons. The Morgan fingerprint density at radius 2 is 2.22 bits per heavy atom. The van der Waals surface area contributed by atoms with Gasteiger partial charge in [0.05, 0.1) is 0 Å². The van der Waals surface area contributed by atoms with Gasteiger partial charge in [0.25, 0.3) is 0 Å². The topological polar surface area (TPSA) is 37.3 Å². The average Bonchev–Trinajstić information content (AvgIpc) is 1.67. The van der Waals surface area contributed by atoms with Gasteiger partial charge in [-0.05, 0) is 6.42 Å². The van der Waals surface area contributed by atoms with Crippen LogP contribution in [0.15, 0.2) is 12.2 Å². The number of carboxylic acids is 1. The van der Waals surface area contributed by atoms with Gasteiger partial charge in [0, 0.05) is 5.57 Å². The molecule has 0 aliphatic rings. The van der Waals surface area contributed by atoms with Crippen LogP contribution in [0.3, 0.4) is 0 Å². The summed E-state index contributed by atoms with van der Waals surface area (Å²) in [6, 6.07) is 0. The molecule has 0 amide bonds. The summed E-state index contributed by atoms with van der Waals surface area (Å²) in [7, 11) is 0. The monoisotopic (exact) mass is 122 g/mol. The molecule has 9 heavy (non-hydrogen) atoms. The predicted molar refractivity (Wildman–Crippen MR) is 32.8 cm³/mol. The Bertz CT molecular complexity index is 114. The molecular formula is C6H11LiO2. The second-order valence-corrected chi connectivity index (χ2v) is 1.66. The van der Waals surface area contributed by atoms with E-state index < -0.39 is 5.97 Å². The van der Waals surface area contributed by atoms with Gasteiger partial charge in [-0.25, -0.2) is 4.79 Å². The van der Waals surface area contributed by atoms with Crippen LogP contribution in [0.5, 0.6) is 0 Å². The Morgan fingerprint density at radius 3 is 2.33 bits per heavy atom. The first-order chi connectivity index (χ1) is 3.68. The summed E-state index contributed by atoms with van der Waals surface area (Å²) in [6.07, 6.45) is 1.44. The largest absolute Gasteiger partial charge is 1.00 e. The summed E-state index contributed by atoms with van der Waals surface area (Å²) in [5.41, 5.74) is 0.299. The summed E-state index contributed by atoms with van der Waals surface area (Å²) in [5, 5.41) is 8.21. The maximum absolute atomic E-state index is 9.99. The molecule has 0 atom stereocenters. The zero-order valence-corrected chi connectivity index (χ0v) is 5.98. The second-order valence-electron chi connectivity index (χ2n) is 1.66. The van der Waals surface area contributed by atoms with E-state index in [9.17, 15) is 4.79 Å². The maximum Gasteiger partial charge on any atom is 1.00 e. The van der Waals surface area contributed by atoms with Crippen LogP contribution in [0.1, 0.15) is 21.2 Å². The first-order valence-corrected chi connectivity index (χ1v) is 2.59. The van der Waals surface area contributed by atoms with Crippen LogP contribution in [0.2, 0.25) is 0 Å². The Morgan fingerprint density at radius 1 is 1.78 bits per heavy atom. The first kappa shape index (κ1) is 11.6. The van der Waals surface area contributed by atoms with Crippen LogP contribution in [0.25, 0.3) is 0 Å². The zero-order valence-electron chi connectivity index (χ0n) is 6.98. The summed E-state index contributed by atoms with van der Waals surface area (Å²) < 4.78 is 0. The number of carboxylic acid groups (broad SMARTS) is 1. The molecule has 1 N–H and O–H groups in total. The second kappa shape index (κ2) is 5.94. The Balaban J connectivity index is -0.000000245. The van der Waals surface area contributed by atoms with Crippen molar-refractivity contribution in [3.8, 4) is 0 Å². The molecule has 0 aliphatic heterocycles. The molecular weight excluding hydrogens is 111 g/mol. The SMILES string of the molecule is C=C(CCC)C(=O)O.[H-].[Li+]. The van der Waals surface area contributed by atoms with Gasteiger partial charge >= 0.3 is 24.8 Å². The molecule has 2 nitrogen and oxygen atoms in total. The summed E-state index contributed by atoms with van der Waals surface area (Å²) in [5.74, 6) is -0.883. The molecule has 0 heterocycles. The molecule has 0 saturated heterocycles. The van der Waals surface area contributed by atoms with E-state index in [1.165, 1.54) is 0 Å². The number of hydrogen-bond donors (Lipinski definition) is 1. The third-order valence-electron chi connectivity index (χ3n) is 0.854. The van der Waals surface area contributed by atoms with E-state index in [-0.39, 0.29) is 20.3 Å². The molecule has 0 bridgehead atoms. The van der Waals surface area contributed by atoms with Crippen molar-refractivity contribution >= 4 is 5.97 Å². The fourth-order valence-electron chi connectivity index (χ4n) is 0.409. The van der Waals surface area contributed by atoms with Crippen LogP contribution < -0.4 is 18.9 Å². The molecule has 0 radical (unpaired) electrons. The zero-order chi connectivity index (χ0) is 6.57. The van der Waals surface area contributed by atoms with Crippen molar-refractivity contribution in [2.75, 3.05) is 0 Å². The van der Waals surface area contributed by atoms with Crippen molar-refractivity contribution in [3.05, 3.63) is 12.2 Å². The molecule has 3 heteroatoms. The molecule has 0 unspecified atom stereocenters. The third-order valence-corrected chi connectivity index (χ3v) is 0.854. The van der Waals surface area contributed by atoms with E-state index in [4.69, 9.17) is 5.11 Å². The van der Waals surface area contributed by atoms with E-state index in [1.54, 1.807) is 0 Å². The predicted octanol–water partition coefficient (Wildman–Crippen LogP) is -1.46. The number of rotatable bonds is 3. The van der Waals surface area contributed by atoms with Crippen molar-refractivity contribution < 1.29 is 30.2 Å². The molecule has 0 aromatic carbocycles. The number of carbonyl (C=O) groups is 1. The fourth-order valence-corrected chi connectivity index (χ4v) is 0.409. The van der Waals surface area contributed by atoms with Crippen LogP contribution in [-0.2, 0) is 4.79 Å². The Hall–Kier alpha value is -0.193. The van der Waals surface area contributed by atoms with Gasteiger partial charge in [0.1, 0.15) is 0 Å². The molecule has 0 spiro atoms.